The smallest absolute Gasteiger partial charge is 0.0581 e. The van der Waals surface area contributed by atoms with Gasteiger partial charge in [0.1, 0.15) is 0 Å². The Morgan fingerprint density at radius 3 is 2.65 bits per heavy atom. The van der Waals surface area contributed by atoms with Gasteiger partial charge in [-0.2, -0.15) is 0 Å². The van der Waals surface area contributed by atoms with Crippen molar-refractivity contribution in [2.45, 2.75) is 84.5 Å². The van der Waals surface area contributed by atoms with Gasteiger partial charge >= 0.3 is 0 Å². The minimum absolute atomic E-state index is 0.393. The second kappa shape index (κ2) is 8.10. The Balaban J connectivity index is 2.22. The fourth-order valence-electron chi connectivity index (χ4n) is 3.05. The summed E-state index contributed by atoms with van der Waals surface area (Å²) in [6.07, 6.45) is 8.70. The summed E-state index contributed by atoms with van der Waals surface area (Å²) >= 11 is 0. The van der Waals surface area contributed by atoms with E-state index in [2.05, 4.69) is 33.0 Å². The molecule has 4 atom stereocenters. The molecular formula is C15H31NO. The Kier molecular flexibility index (Phi) is 7.14. The molecule has 2 nitrogen and oxygen atoms in total. The quantitative estimate of drug-likeness (QED) is 0.733. The van der Waals surface area contributed by atoms with E-state index in [1.54, 1.807) is 0 Å². The van der Waals surface area contributed by atoms with Gasteiger partial charge in [0.25, 0.3) is 0 Å². The molecule has 0 spiro atoms. The van der Waals surface area contributed by atoms with Gasteiger partial charge in [-0.1, -0.05) is 33.1 Å². The van der Waals surface area contributed by atoms with Gasteiger partial charge in [-0.3, -0.25) is 0 Å². The van der Waals surface area contributed by atoms with Crippen molar-refractivity contribution in [2.24, 2.45) is 5.92 Å². The van der Waals surface area contributed by atoms with Crippen LogP contribution in [0.2, 0.25) is 0 Å². The summed E-state index contributed by atoms with van der Waals surface area (Å²) in [5.74, 6) is 0.909. The van der Waals surface area contributed by atoms with Gasteiger partial charge in [-0.25, -0.2) is 0 Å². The summed E-state index contributed by atoms with van der Waals surface area (Å²) in [5, 5.41) is 3.45. The monoisotopic (exact) mass is 241 g/mol. The van der Waals surface area contributed by atoms with Crippen molar-refractivity contribution >= 4 is 0 Å². The molecule has 0 aromatic carbocycles. The van der Waals surface area contributed by atoms with Crippen LogP contribution < -0.4 is 5.32 Å². The largest absolute Gasteiger partial charge is 0.375 e. The van der Waals surface area contributed by atoms with Crippen molar-refractivity contribution in [2.75, 3.05) is 6.54 Å². The van der Waals surface area contributed by atoms with Crippen molar-refractivity contribution in [3.63, 3.8) is 0 Å². The Labute approximate surface area is 108 Å². The van der Waals surface area contributed by atoms with Crippen LogP contribution in [0.5, 0.6) is 0 Å². The van der Waals surface area contributed by atoms with E-state index >= 15 is 0 Å². The van der Waals surface area contributed by atoms with Crippen molar-refractivity contribution in [3.8, 4) is 0 Å². The zero-order valence-corrected chi connectivity index (χ0v) is 12.2. The molecule has 0 amide bonds. The first kappa shape index (κ1) is 15.0. The highest BCUT2D eigenvalue weighted by molar-refractivity contribution is 4.74. The van der Waals surface area contributed by atoms with E-state index in [0.29, 0.717) is 18.2 Å². The summed E-state index contributed by atoms with van der Waals surface area (Å²) in [6, 6.07) is 0.570. The van der Waals surface area contributed by atoms with Crippen LogP contribution in [0.1, 0.15) is 66.2 Å². The number of rotatable bonds is 7. The zero-order chi connectivity index (χ0) is 12.7. The first-order valence-electron chi connectivity index (χ1n) is 7.54. The lowest BCUT2D eigenvalue weighted by atomic mass is 9.85. The number of hydrogen-bond acceptors (Lipinski definition) is 2. The Hall–Kier alpha value is -0.0800. The average Bonchev–Trinajstić information content (AvgIpc) is 2.29. The van der Waals surface area contributed by atoms with Crippen LogP contribution in [-0.4, -0.2) is 24.8 Å². The molecule has 0 heterocycles. The Morgan fingerprint density at radius 1 is 1.24 bits per heavy atom. The molecule has 1 aliphatic carbocycles. The van der Waals surface area contributed by atoms with Crippen molar-refractivity contribution in [1.82, 2.24) is 5.32 Å². The number of hydrogen-bond donors (Lipinski definition) is 1. The van der Waals surface area contributed by atoms with Crippen LogP contribution in [0.15, 0.2) is 0 Å². The minimum atomic E-state index is 0.393. The molecule has 1 saturated carbocycles. The molecule has 1 rings (SSSR count). The first-order chi connectivity index (χ1) is 8.15. The van der Waals surface area contributed by atoms with Gasteiger partial charge in [0.2, 0.25) is 0 Å². The van der Waals surface area contributed by atoms with E-state index in [1.165, 1.54) is 32.1 Å². The van der Waals surface area contributed by atoms with Crippen molar-refractivity contribution in [1.29, 1.82) is 0 Å². The lowest BCUT2D eigenvalue weighted by molar-refractivity contribution is -0.0383. The van der Waals surface area contributed by atoms with E-state index in [0.717, 1.165) is 18.9 Å². The van der Waals surface area contributed by atoms with E-state index in [4.69, 9.17) is 4.74 Å². The van der Waals surface area contributed by atoms with E-state index in [9.17, 15) is 0 Å². The third-order valence-corrected chi connectivity index (χ3v) is 3.97. The molecule has 0 radical (unpaired) electrons. The molecule has 0 aliphatic heterocycles. The van der Waals surface area contributed by atoms with Gasteiger partial charge in [0.05, 0.1) is 12.2 Å². The summed E-state index contributed by atoms with van der Waals surface area (Å²) < 4.78 is 6.20. The molecule has 0 aromatic heterocycles. The molecule has 4 unspecified atom stereocenters. The predicted molar refractivity (Wildman–Crippen MR) is 74.3 cm³/mol. The zero-order valence-electron chi connectivity index (χ0n) is 12.2. The van der Waals surface area contributed by atoms with Crippen LogP contribution in [0.3, 0.4) is 0 Å². The maximum absolute atomic E-state index is 6.20. The lowest BCUT2D eigenvalue weighted by Crippen LogP contribution is -2.32. The molecule has 0 aromatic rings. The minimum Gasteiger partial charge on any atom is -0.375 e. The highest BCUT2D eigenvalue weighted by Gasteiger charge is 2.23. The van der Waals surface area contributed by atoms with Gasteiger partial charge in [-0.05, 0) is 45.6 Å². The maximum atomic E-state index is 6.20. The molecule has 2 heteroatoms. The van der Waals surface area contributed by atoms with Crippen LogP contribution in [0, 0.1) is 5.92 Å². The van der Waals surface area contributed by atoms with Crippen LogP contribution in [0.4, 0.5) is 0 Å². The molecule has 1 N–H and O–H groups in total. The fourth-order valence-corrected chi connectivity index (χ4v) is 3.05. The molecular weight excluding hydrogens is 210 g/mol. The third kappa shape index (κ3) is 5.87. The van der Waals surface area contributed by atoms with Gasteiger partial charge < -0.3 is 10.1 Å². The highest BCUT2D eigenvalue weighted by Crippen LogP contribution is 2.29. The van der Waals surface area contributed by atoms with E-state index in [1.807, 2.05) is 0 Å². The SMILES string of the molecule is CCNC(C)CC(C)OC1CCCC(CC)C1. The van der Waals surface area contributed by atoms with E-state index in [-0.39, 0.29) is 0 Å². The number of ether oxygens (including phenoxy) is 1. The fraction of sp³-hybridized carbons (Fsp3) is 1.00. The van der Waals surface area contributed by atoms with Crippen LogP contribution >= 0.6 is 0 Å². The standard InChI is InChI=1S/C15H31NO/c1-5-14-8-7-9-15(11-14)17-13(4)10-12(3)16-6-2/h12-16H,5-11H2,1-4H3. The van der Waals surface area contributed by atoms with Crippen LogP contribution in [-0.2, 0) is 4.74 Å². The van der Waals surface area contributed by atoms with Gasteiger partial charge in [-0.15, -0.1) is 0 Å². The van der Waals surface area contributed by atoms with Crippen molar-refractivity contribution < 1.29 is 4.74 Å². The normalized spacial score (nSPS) is 28.9. The van der Waals surface area contributed by atoms with Gasteiger partial charge in [0.15, 0.2) is 0 Å². The highest BCUT2D eigenvalue weighted by atomic mass is 16.5. The first-order valence-corrected chi connectivity index (χ1v) is 7.54. The summed E-state index contributed by atoms with van der Waals surface area (Å²) in [5.41, 5.74) is 0. The molecule has 17 heavy (non-hydrogen) atoms. The average molecular weight is 241 g/mol. The third-order valence-electron chi connectivity index (χ3n) is 3.97. The second-order valence-electron chi connectivity index (χ2n) is 5.70. The molecule has 1 fully saturated rings. The van der Waals surface area contributed by atoms with Crippen molar-refractivity contribution in [3.05, 3.63) is 0 Å². The summed E-state index contributed by atoms with van der Waals surface area (Å²) in [6.45, 7) is 10.00. The molecule has 0 saturated heterocycles. The Bertz CT molecular complexity index is 195. The molecule has 0 bridgehead atoms. The molecule has 1 aliphatic rings. The van der Waals surface area contributed by atoms with Crippen LogP contribution in [0.25, 0.3) is 0 Å². The maximum Gasteiger partial charge on any atom is 0.0581 e. The molecule has 102 valence electrons. The Morgan fingerprint density at radius 2 is 2.00 bits per heavy atom. The topological polar surface area (TPSA) is 21.3 Å². The second-order valence-corrected chi connectivity index (χ2v) is 5.70. The summed E-state index contributed by atoms with van der Waals surface area (Å²) in [7, 11) is 0. The number of nitrogens with one attached hydrogen (secondary N) is 1. The predicted octanol–water partition coefficient (Wildman–Crippen LogP) is 3.75. The summed E-state index contributed by atoms with van der Waals surface area (Å²) in [4.78, 5) is 0. The van der Waals surface area contributed by atoms with Gasteiger partial charge in [0, 0.05) is 6.04 Å². The lowest BCUT2D eigenvalue weighted by Gasteiger charge is -2.31. The van der Waals surface area contributed by atoms with E-state index < -0.39 is 0 Å².